The van der Waals surface area contributed by atoms with Crippen LogP contribution in [-0.4, -0.2) is 9.97 Å². The van der Waals surface area contributed by atoms with Crippen LogP contribution in [0.5, 0.6) is 0 Å². The van der Waals surface area contributed by atoms with Crippen molar-refractivity contribution in [3.8, 4) is 0 Å². The molecule has 0 radical (unpaired) electrons. The quantitative estimate of drug-likeness (QED) is 0.596. The predicted octanol–water partition coefficient (Wildman–Crippen LogP) is 3.18. The lowest BCUT2D eigenvalue weighted by molar-refractivity contribution is 0.632. The number of nitrogens with zero attached hydrogens (tertiary/aromatic N) is 2. The van der Waals surface area contributed by atoms with E-state index in [1.807, 2.05) is 0 Å². The number of nitrogens with one attached hydrogen (secondary N) is 2. The molecule has 104 valence electrons. The molecule has 1 aromatic carbocycles. The minimum Gasteiger partial charge on any atom is -0.338 e. The highest BCUT2D eigenvalue weighted by Gasteiger charge is 2.27. The molecule has 4 N–H and O–H groups in total. The maximum Gasteiger partial charge on any atom is 0.165 e. The third kappa shape index (κ3) is 2.66. The molecule has 5 nitrogen and oxygen atoms in total. The van der Waals surface area contributed by atoms with Gasteiger partial charge in [-0.15, -0.1) is 0 Å². The van der Waals surface area contributed by atoms with E-state index in [0.29, 0.717) is 23.4 Å². The van der Waals surface area contributed by atoms with Crippen molar-refractivity contribution >= 4 is 28.9 Å². The van der Waals surface area contributed by atoms with E-state index in [1.165, 1.54) is 6.07 Å². The van der Waals surface area contributed by atoms with Crippen LogP contribution in [0.4, 0.5) is 21.7 Å². The lowest BCUT2D eigenvalue weighted by atomic mass is 10.3. The van der Waals surface area contributed by atoms with Crippen LogP contribution < -0.4 is 16.6 Å². The van der Waals surface area contributed by atoms with Crippen molar-refractivity contribution in [2.75, 3.05) is 10.7 Å². The Bertz CT molecular complexity index is 645. The zero-order chi connectivity index (χ0) is 14.1. The Hall–Kier alpha value is -1.92. The molecule has 20 heavy (non-hydrogen) atoms. The Morgan fingerprint density at radius 1 is 1.25 bits per heavy atom. The van der Waals surface area contributed by atoms with E-state index in [0.717, 1.165) is 12.8 Å². The first-order chi connectivity index (χ1) is 9.67. The first-order valence-corrected chi connectivity index (χ1v) is 6.62. The van der Waals surface area contributed by atoms with Gasteiger partial charge in [0.15, 0.2) is 5.82 Å². The zero-order valence-electron chi connectivity index (χ0n) is 10.5. The van der Waals surface area contributed by atoms with Crippen molar-refractivity contribution in [1.82, 2.24) is 9.97 Å². The molecule has 0 saturated heterocycles. The summed E-state index contributed by atoms with van der Waals surface area (Å²) >= 11 is 5.75. The zero-order valence-corrected chi connectivity index (χ0v) is 11.3. The van der Waals surface area contributed by atoms with Crippen LogP contribution in [0.15, 0.2) is 24.3 Å². The number of nitrogens with two attached hydrogens (primary N) is 1. The van der Waals surface area contributed by atoms with Gasteiger partial charge in [0, 0.05) is 12.0 Å². The second-order valence-corrected chi connectivity index (χ2v) is 5.05. The van der Waals surface area contributed by atoms with Gasteiger partial charge >= 0.3 is 0 Å². The van der Waals surface area contributed by atoms with Gasteiger partial charge in [0.25, 0.3) is 0 Å². The number of rotatable bonds is 4. The maximum atomic E-state index is 13.9. The third-order valence-electron chi connectivity index (χ3n) is 3.05. The summed E-state index contributed by atoms with van der Waals surface area (Å²) in [6.45, 7) is 0. The van der Waals surface area contributed by atoms with Gasteiger partial charge in [-0.1, -0.05) is 17.7 Å². The molecular formula is C13H13ClFN5. The Labute approximate surface area is 120 Å². The number of hydrazine groups is 1. The average molecular weight is 294 g/mol. The minimum atomic E-state index is -0.511. The fourth-order valence-electron chi connectivity index (χ4n) is 1.87. The van der Waals surface area contributed by atoms with Crippen molar-refractivity contribution in [2.45, 2.75) is 18.8 Å². The van der Waals surface area contributed by atoms with Gasteiger partial charge in [0.05, 0.1) is 10.7 Å². The van der Waals surface area contributed by atoms with Gasteiger partial charge in [-0.3, -0.25) is 0 Å². The molecule has 0 atom stereocenters. The molecule has 0 aliphatic heterocycles. The predicted molar refractivity (Wildman–Crippen MR) is 76.5 cm³/mol. The molecule has 2 aromatic rings. The molecule has 1 heterocycles. The Morgan fingerprint density at radius 3 is 2.70 bits per heavy atom. The molecule has 0 spiro atoms. The molecule has 0 unspecified atom stereocenters. The summed E-state index contributed by atoms with van der Waals surface area (Å²) in [7, 11) is 0. The average Bonchev–Trinajstić information content (AvgIpc) is 3.28. The van der Waals surface area contributed by atoms with Crippen molar-refractivity contribution in [2.24, 2.45) is 5.84 Å². The summed E-state index contributed by atoms with van der Waals surface area (Å²) in [5.74, 6) is 6.94. The summed E-state index contributed by atoms with van der Waals surface area (Å²) < 4.78 is 13.9. The molecular weight excluding hydrogens is 281 g/mol. The van der Waals surface area contributed by atoms with Gasteiger partial charge in [0.1, 0.15) is 17.5 Å². The summed E-state index contributed by atoms with van der Waals surface area (Å²) in [5.41, 5.74) is 2.76. The first-order valence-electron chi connectivity index (χ1n) is 6.24. The van der Waals surface area contributed by atoms with Crippen molar-refractivity contribution in [3.05, 3.63) is 40.9 Å². The van der Waals surface area contributed by atoms with Crippen LogP contribution in [0.3, 0.4) is 0 Å². The molecule has 1 aliphatic rings. The van der Waals surface area contributed by atoms with Crippen LogP contribution in [0.2, 0.25) is 5.02 Å². The maximum absolute atomic E-state index is 13.9. The largest absolute Gasteiger partial charge is 0.338 e. The van der Waals surface area contributed by atoms with Gasteiger partial charge in [-0.25, -0.2) is 20.2 Å². The Morgan fingerprint density at radius 2 is 2.00 bits per heavy atom. The second-order valence-electron chi connectivity index (χ2n) is 4.64. The minimum absolute atomic E-state index is 0.0589. The van der Waals surface area contributed by atoms with Gasteiger partial charge in [0.2, 0.25) is 0 Å². The molecule has 1 saturated carbocycles. The lowest BCUT2D eigenvalue weighted by Crippen LogP contribution is -2.11. The number of anilines is 3. The highest BCUT2D eigenvalue weighted by molar-refractivity contribution is 6.31. The smallest absolute Gasteiger partial charge is 0.165 e. The van der Waals surface area contributed by atoms with Crippen LogP contribution in [0.1, 0.15) is 24.6 Å². The van der Waals surface area contributed by atoms with Crippen LogP contribution in [-0.2, 0) is 0 Å². The van der Waals surface area contributed by atoms with E-state index in [1.54, 1.807) is 18.2 Å². The van der Waals surface area contributed by atoms with E-state index in [-0.39, 0.29) is 10.7 Å². The Balaban J connectivity index is 1.93. The van der Waals surface area contributed by atoms with E-state index >= 15 is 0 Å². The first kappa shape index (κ1) is 13.1. The molecule has 1 aromatic heterocycles. The number of hydrogen-bond acceptors (Lipinski definition) is 5. The third-order valence-corrected chi connectivity index (χ3v) is 3.34. The van der Waals surface area contributed by atoms with E-state index in [2.05, 4.69) is 20.7 Å². The monoisotopic (exact) mass is 293 g/mol. The fourth-order valence-corrected chi connectivity index (χ4v) is 2.04. The normalized spacial score (nSPS) is 14.2. The van der Waals surface area contributed by atoms with Gasteiger partial charge in [-0.2, -0.15) is 0 Å². The topological polar surface area (TPSA) is 75.9 Å². The van der Waals surface area contributed by atoms with Crippen molar-refractivity contribution in [1.29, 1.82) is 0 Å². The fraction of sp³-hybridized carbons (Fsp3) is 0.231. The standard InChI is InChI=1S/C13H13ClFN5/c14-8-2-1-3-9(12(8)15)17-10-6-11(20-16)19-13(18-10)7-4-5-7/h1-3,6-7H,4-5,16H2,(H2,17,18,19,20). The number of nitrogen functional groups attached to an aromatic ring is 1. The highest BCUT2D eigenvalue weighted by atomic mass is 35.5. The van der Waals surface area contributed by atoms with E-state index < -0.39 is 5.82 Å². The van der Waals surface area contributed by atoms with E-state index in [4.69, 9.17) is 17.4 Å². The second kappa shape index (κ2) is 5.22. The molecule has 0 amide bonds. The van der Waals surface area contributed by atoms with Crippen LogP contribution in [0, 0.1) is 5.82 Å². The number of hydrogen-bond donors (Lipinski definition) is 3. The molecule has 0 bridgehead atoms. The van der Waals surface area contributed by atoms with E-state index in [9.17, 15) is 4.39 Å². The van der Waals surface area contributed by atoms with Crippen LogP contribution >= 0.6 is 11.6 Å². The highest BCUT2D eigenvalue weighted by Crippen LogP contribution is 2.39. The number of aromatic nitrogens is 2. The van der Waals surface area contributed by atoms with Crippen LogP contribution in [0.25, 0.3) is 0 Å². The molecule has 7 heteroatoms. The Kier molecular flexibility index (Phi) is 3.42. The lowest BCUT2D eigenvalue weighted by Gasteiger charge is -2.10. The molecule has 1 fully saturated rings. The molecule has 1 aliphatic carbocycles. The number of benzene rings is 1. The summed E-state index contributed by atoms with van der Waals surface area (Å²) in [6, 6.07) is 6.37. The van der Waals surface area contributed by atoms with Crippen molar-refractivity contribution in [3.63, 3.8) is 0 Å². The molecule has 3 rings (SSSR count). The van der Waals surface area contributed by atoms with Gasteiger partial charge < -0.3 is 10.7 Å². The summed E-state index contributed by atoms with van der Waals surface area (Å²) in [4.78, 5) is 8.67. The summed E-state index contributed by atoms with van der Waals surface area (Å²) in [6.07, 6.45) is 2.14. The van der Waals surface area contributed by atoms with Gasteiger partial charge in [-0.05, 0) is 25.0 Å². The summed E-state index contributed by atoms with van der Waals surface area (Å²) in [5, 5.41) is 2.96. The number of halogens is 2. The SMILES string of the molecule is NNc1cc(Nc2cccc(Cl)c2F)nc(C2CC2)n1. The van der Waals surface area contributed by atoms with Crippen molar-refractivity contribution < 1.29 is 4.39 Å².